The van der Waals surface area contributed by atoms with Gasteiger partial charge in [-0.15, -0.1) is 0 Å². The average Bonchev–Trinajstić information content (AvgIpc) is 3.16. The van der Waals surface area contributed by atoms with Gasteiger partial charge in [0.15, 0.2) is 5.16 Å². The number of hydrogen-bond donors (Lipinski definition) is 3. The fourth-order valence-corrected chi connectivity index (χ4v) is 3.18. The molecular weight excluding hydrogens is 284 g/mol. The fraction of sp³-hybridized carbons (Fsp3) is 0.467. The number of benzene rings is 1. The van der Waals surface area contributed by atoms with Gasteiger partial charge in [-0.25, -0.2) is 4.98 Å². The molecule has 0 aliphatic heterocycles. The molecule has 1 heterocycles. The van der Waals surface area contributed by atoms with Crippen molar-refractivity contribution in [2.24, 2.45) is 5.73 Å². The van der Waals surface area contributed by atoms with Gasteiger partial charge >= 0.3 is 0 Å². The number of thioether (sulfide) groups is 1. The predicted molar refractivity (Wildman–Crippen MR) is 85.3 cm³/mol. The van der Waals surface area contributed by atoms with Crippen LogP contribution >= 0.6 is 11.8 Å². The van der Waals surface area contributed by atoms with Crippen LogP contribution in [0.2, 0.25) is 0 Å². The number of imidazole rings is 1. The van der Waals surface area contributed by atoms with Crippen molar-refractivity contribution >= 4 is 28.7 Å². The highest BCUT2D eigenvalue weighted by molar-refractivity contribution is 7.99. The molecule has 1 aliphatic carbocycles. The Kier molecular flexibility index (Phi) is 4.17. The summed E-state index contributed by atoms with van der Waals surface area (Å²) in [6.45, 7) is 2.06. The molecule has 1 fully saturated rings. The molecule has 112 valence electrons. The minimum absolute atomic E-state index is 0.225. The first-order valence-corrected chi connectivity index (χ1v) is 8.25. The van der Waals surface area contributed by atoms with E-state index in [1.54, 1.807) is 11.8 Å². The Morgan fingerprint density at radius 3 is 3.10 bits per heavy atom. The van der Waals surface area contributed by atoms with Gasteiger partial charge in [0.2, 0.25) is 5.91 Å². The van der Waals surface area contributed by atoms with Crippen LogP contribution in [-0.4, -0.2) is 33.7 Å². The van der Waals surface area contributed by atoms with Crippen LogP contribution in [0.4, 0.5) is 0 Å². The molecule has 0 saturated heterocycles. The van der Waals surface area contributed by atoms with Crippen LogP contribution in [0.5, 0.6) is 0 Å². The molecule has 4 N–H and O–H groups in total. The molecule has 1 saturated carbocycles. The van der Waals surface area contributed by atoms with Crippen molar-refractivity contribution in [3.8, 4) is 0 Å². The van der Waals surface area contributed by atoms with Crippen LogP contribution in [0, 0.1) is 6.92 Å². The topological polar surface area (TPSA) is 83.8 Å². The Morgan fingerprint density at radius 1 is 1.57 bits per heavy atom. The first kappa shape index (κ1) is 14.4. The Hall–Kier alpha value is -1.53. The van der Waals surface area contributed by atoms with Gasteiger partial charge in [-0.3, -0.25) is 4.79 Å². The summed E-state index contributed by atoms with van der Waals surface area (Å²) >= 11 is 1.63. The normalized spacial score (nSPS) is 16.2. The lowest BCUT2D eigenvalue weighted by molar-refractivity contribution is -0.120. The number of carbonyl (C=O) groups excluding carboxylic acids is 1. The molecule has 5 nitrogen and oxygen atoms in total. The van der Waals surface area contributed by atoms with Crippen molar-refractivity contribution in [1.82, 2.24) is 15.3 Å². The van der Waals surface area contributed by atoms with Gasteiger partial charge in [0.05, 0.1) is 17.1 Å². The van der Waals surface area contributed by atoms with Gasteiger partial charge in [0, 0.05) is 11.8 Å². The third kappa shape index (κ3) is 3.77. The number of aromatic amines is 1. The quantitative estimate of drug-likeness (QED) is 0.683. The van der Waals surface area contributed by atoms with E-state index >= 15 is 0 Å². The third-order valence-electron chi connectivity index (χ3n) is 3.62. The molecule has 3 rings (SSSR count). The zero-order valence-corrected chi connectivity index (χ0v) is 12.9. The van der Waals surface area contributed by atoms with E-state index in [9.17, 15) is 4.79 Å². The molecule has 1 aromatic heterocycles. The number of aryl methyl sites for hydroxylation is 1. The van der Waals surface area contributed by atoms with E-state index in [2.05, 4.69) is 34.3 Å². The van der Waals surface area contributed by atoms with Gasteiger partial charge in [0.25, 0.3) is 0 Å². The minimum Gasteiger partial charge on any atom is -0.368 e. The van der Waals surface area contributed by atoms with Crippen molar-refractivity contribution in [1.29, 1.82) is 0 Å². The van der Waals surface area contributed by atoms with Crippen molar-refractivity contribution in [2.75, 3.05) is 5.75 Å². The van der Waals surface area contributed by atoms with Crippen LogP contribution in [0.1, 0.15) is 24.8 Å². The number of rotatable bonds is 7. The number of hydrogen-bond acceptors (Lipinski definition) is 4. The van der Waals surface area contributed by atoms with E-state index in [0.717, 1.165) is 41.2 Å². The molecule has 0 bridgehead atoms. The Balaban J connectivity index is 1.56. The van der Waals surface area contributed by atoms with Gasteiger partial charge in [-0.2, -0.15) is 0 Å². The molecule has 6 heteroatoms. The maximum absolute atomic E-state index is 11.4. The van der Waals surface area contributed by atoms with E-state index in [1.165, 1.54) is 5.56 Å². The average molecular weight is 304 g/mol. The number of carbonyl (C=O) groups is 1. The second-order valence-electron chi connectivity index (χ2n) is 5.60. The zero-order valence-electron chi connectivity index (χ0n) is 12.1. The molecule has 1 unspecified atom stereocenters. The predicted octanol–water partition coefficient (Wildman–Crippen LogP) is 1.96. The van der Waals surface area contributed by atoms with E-state index in [-0.39, 0.29) is 11.9 Å². The Morgan fingerprint density at radius 2 is 2.38 bits per heavy atom. The first-order valence-electron chi connectivity index (χ1n) is 7.26. The van der Waals surface area contributed by atoms with Crippen molar-refractivity contribution in [3.63, 3.8) is 0 Å². The summed E-state index contributed by atoms with van der Waals surface area (Å²) in [4.78, 5) is 19.3. The van der Waals surface area contributed by atoms with E-state index in [4.69, 9.17) is 5.73 Å². The molecule has 2 aromatic rings. The summed E-state index contributed by atoms with van der Waals surface area (Å²) in [7, 11) is 0. The summed E-state index contributed by atoms with van der Waals surface area (Å²) in [6.07, 6.45) is 3.03. The smallest absolute Gasteiger partial charge is 0.234 e. The van der Waals surface area contributed by atoms with E-state index in [0.29, 0.717) is 6.04 Å². The van der Waals surface area contributed by atoms with Crippen molar-refractivity contribution in [2.45, 2.75) is 43.4 Å². The van der Waals surface area contributed by atoms with E-state index < -0.39 is 0 Å². The number of nitrogens with one attached hydrogen (secondary N) is 2. The lowest BCUT2D eigenvalue weighted by atomic mass is 10.2. The number of primary amides is 1. The monoisotopic (exact) mass is 304 g/mol. The number of nitrogens with two attached hydrogens (primary N) is 1. The fourth-order valence-electron chi connectivity index (χ4n) is 2.28. The maximum atomic E-state index is 11.4. The highest BCUT2D eigenvalue weighted by Crippen LogP contribution is 2.23. The summed E-state index contributed by atoms with van der Waals surface area (Å²) in [5.41, 5.74) is 8.68. The zero-order chi connectivity index (χ0) is 14.8. The van der Waals surface area contributed by atoms with Crippen molar-refractivity contribution in [3.05, 3.63) is 23.8 Å². The minimum atomic E-state index is -0.261. The molecule has 1 atom stereocenters. The van der Waals surface area contributed by atoms with Gasteiger partial charge in [-0.05, 0) is 43.9 Å². The SMILES string of the molecule is Cc1ccc2nc(SCCC(NC3CC3)C(N)=O)[nH]c2c1. The molecule has 0 spiro atoms. The standard InChI is InChI=1S/C15H20N4OS/c1-9-2-5-11-13(8-9)19-15(18-11)21-7-6-12(14(16)20)17-10-3-4-10/h2,5,8,10,12,17H,3-4,6-7H2,1H3,(H2,16,20)(H,18,19). The summed E-state index contributed by atoms with van der Waals surface area (Å²) in [5, 5.41) is 4.19. The lowest BCUT2D eigenvalue weighted by Crippen LogP contribution is -2.42. The number of amides is 1. The molecule has 21 heavy (non-hydrogen) atoms. The molecule has 0 radical (unpaired) electrons. The number of aromatic nitrogens is 2. The second kappa shape index (κ2) is 6.07. The van der Waals surface area contributed by atoms with Gasteiger partial charge in [-0.1, -0.05) is 17.8 Å². The Labute approximate surface area is 128 Å². The Bertz CT molecular complexity index is 650. The molecule has 1 aromatic carbocycles. The van der Waals surface area contributed by atoms with Crippen LogP contribution in [-0.2, 0) is 4.79 Å². The maximum Gasteiger partial charge on any atom is 0.234 e. The van der Waals surface area contributed by atoms with Crippen LogP contribution in [0.3, 0.4) is 0 Å². The summed E-state index contributed by atoms with van der Waals surface area (Å²) in [5.74, 6) is 0.550. The highest BCUT2D eigenvalue weighted by atomic mass is 32.2. The lowest BCUT2D eigenvalue weighted by Gasteiger charge is -2.13. The van der Waals surface area contributed by atoms with Gasteiger partial charge < -0.3 is 16.0 Å². The molecule has 1 amide bonds. The summed E-state index contributed by atoms with van der Waals surface area (Å²) < 4.78 is 0. The van der Waals surface area contributed by atoms with Crippen molar-refractivity contribution < 1.29 is 4.79 Å². The number of H-pyrrole nitrogens is 1. The van der Waals surface area contributed by atoms with Crippen LogP contribution in [0.25, 0.3) is 11.0 Å². The second-order valence-corrected chi connectivity index (χ2v) is 6.68. The third-order valence-corrected chi connectivity index (χ3v) is 4.53. The first-order chi connectivity index (χ1) is 10.1. The van der Waals surface area contributed by atoms with E-state index in [1.807, 2.05) is 6.07 Å². The highest BCUT2D eigenvalue weighted by Gasteiger charge is 2.26. The molecular formula is C15H20N4OS. The van der Waals surface area contributed by atoms with Crippen LogP contribution < -0.4 is 11.1 Å². The molecule has 1 aliphatic rings. The number of fused-ring (bicyclic) bond motifs is 1. The van der Waals surface area contributed by atoms with Gasteiger partial charge in [0.1, 0.15) is 0 Å². The number of nitrogens with zero attached hydrogens (tertiary/aromatic N) is 1. The summed E-state index contributed by atoms with van der Waals surface area (Å²) in [6, 6.07) is 6.43. The van der Waals surface area contributed by atoms with Crippen LogP contribution in [0.15, 0.2) is 23.4 Å². The largest absolute Gasteiger partial charge is 0.368 e.